The summed E-state index contributed by atoms with van der Waals surface area (Å²) in [5.41, 5.74) is 6.49. The maximum atomic E-state index is 5.82. The Hall–Kier alpha value is -0.540. The van der Waals surface area contributed by atoms with Crippen LogP contribution in [0.25, 0.3) is 0 Å². The van der Waals surface area contributed by atoms with E-state index in [1.54, 1.807) is 0 Å². The minimum atomic E-state index is -0.242. The first-order valence-corrected chi connectivity index (χ1v) is 5.81. The Balaban J connectivity index is 2.48. The van der Waals surface area contributed by atoms with E-state index in [0.717, 1.165) is 44.8 Å². The van der Waals surface area contributed by atoms with Crippen LogP contribution in [0.5, 0.6) is 0 Å². The van der Waals surface area contributed by atoms with Crippen molar-refractivity contribution in [3.05, 3.63) is 11.3 Å². The average Bonchev–Trinajstić information content (AvgIpc) is 2.49. The van der Waals surface area contributed by atoms with Crippen LogP contribution in [0.15, 0.2) is 11.3 Å². The van der Waals surface area contributed by atoms with E-state index in [4.69, 9.17) is 15.2 Å². The molecule has 0 aromatic rings. The molecule has 2 N–H and O–H groups in total. The standard InChI is InChI=1S/C12H23NO2/c1-4-10-9-15-12(2,3)11(10)14-8-6-5-7-13/h4-9,13H2,1-3H3. The SMILES string of the molecule is CCC1=C(OCCCCN)C(C)(C)OC1. The van der Waals surface area contributed by atoms with Crippen LogP contribution in [0.4, 0.5) is 0 Å². The first-order valence-electron chi connectivity index (χ1n) is 5.81. The predicted molar refractivity (Wildman–Crippen MR) is 61.6 cm³/mol. The molecule has 0 aromatic heterocycles. The van der Waals surface area contributed by atoms with Crippen molar-refractivity contribution in [2.75, 3.05) is 19.8 Å². The van der Waals surface area contributed by atoms with Crippen LogP contribution in [-0.4, -0.2) is 25.4 Å². The molecule has 88 valence electrons. The van der Waals surface area contributed by atoms with Crippen molar-refractivity contribution in [3.63, 3.8) is 0 Å². The van der Waals surface area contributed by atoms with Crippen LogP contribution in [0.3, 0.4) is 0 Å². The van der Waals surface area contributed by atoms with Crippen molar-refractivity contribution in [1.29, 1.82) is 0 Å². The molecule has 0 bridgehead atoms. The third-order valence-corrected chi connectivity index (χ3v) is 2.75. The molecule has 1 aliphatic rings. The summed E-state index contributed by atoms with van der Waals surface area (Å²) in [5.74, 6) is 1.04. The highest BCUT2D eigenvalue weighted by atomic mass is 16.6. The first kappa shape index (κ1) is 12.5. The number of ether oxygens (including phenoxy) is 2. The molecular weight excluding hydrogens is 190 g/mol. The minimum absolute atomic E-state index is 0.242. The van der Waals surface area contributed by atoms with E-state index >= 15 is 0 Å². The second-order valence-electron chi connectivity index (χ2n) is 4.43. The summed E-state index contributed by atoms with van der Waals surface area (Å²) < 4.78 is 11.5. The minimum Gasteiger partial charge on any atom is -0.495 e. The lowest BCUT2D eigenvalue weighted by Gasteiger charge is -2.22. The Morgan fingerprint density at radius 2 is 2.13 bits per heavy atom. The summed E-state index contributed by atoms with van der Waals surface area (Å²) in [6.07, 6.45) is 3.05. The summed E-state index contributed by atoms with van der Waals surface area (Å²) in [4.78, 5) is 0. The van der Waals surface area contributed by atoms with Gasteiger partial charge in [0.2, 0.25) is 0 Å². The van der Waals surface area contributed by atoms with Crippen LogP contribution in [-0.2, 0) is 9.47 Å². The van der Waals surface area contributed by atoms with Crippen molar-refractivity contribution < 1.29 is 9.47 Å². The van der Waals surface area contributed by atoms with E-state index in [1.165, 1.54) is 5.57 Å². The van der Waals surface area contributed by atoms with E-state index in [1.807, 2.05) is 0 Å². The number of hydrogen-bond acceptors (Lipinski definition) is 3. The van der Waals surface area contributed by atoms with Gasteiger partial charge in [-0.15, -0.1) is 0 Å². The number of unbranched alkanes of at least 4 members (excludes halogenated alkanes) is 1. The van der Waals surface area contributed by atoms with Gasteiger partial charge in [0.15, 0.2) is 0 Å². The van der Waals surface area contributed by atoms with Gasteiger partial charge in [-0.1, -0.05) is 6.92 Å². The van der Waals surface area contributed by atoms with E-state index < -0.39 is 0 Å². The van der Waals surface area contributed by atoms with Crippen molar-refractivity contribution in [2.24, 2.45) is 5.73 Å². The van der Waals surface area contributed by atoms with Crippen LogP contribution in [0.2, 0.25) is 0 Å². The molecule has 0 saturated heterocycles. The highest BCUT2D eigenvalue weighted by Crippen LogP contribution is 2.33. The van der Waals surface area contributed by atoms with Crippen LogP contribution in [0.1, 0.15) is 40.0 Å². The number of hydrogen-bond donors (Lipinski definition) is 1. The molecule has 3 heteroatoms. The van der Waals surface area contributed by atoms with Gasteiger partial charge in [-0.3, -0.25) is 0 Å². The molecule has 1 heterocycles. The molecule has 0 saturated carbocycles. The Morgan fingerprint density at radius 3 is 2.73 bits per heavy atom. The van der Waals surface area contributed by atoms with Crippen molar-refractivity contribution in [2.45, 2.75) is 45.6 Å². The van der Waals surface area contributed by atoms with E-state index in [9.17, 15) is 0 Å². The molecule has 0 amide bonds. The van der Waals surface area contributed by atoms with Gasteiger partial charge < -0.3 is 15.2 Å². The van der Waals surface area contributed by atoms with Crippen molar-refractivity contribution >= 4 is 0 Å². The van der Waals surface area contributed by atoms with Gasteiger partial charge in [-0.2, -0.15) is 0 Å². The van der Waals surface area contributed by atoms with Crippen LogP contribution in [0, 0.1) is 0 Å². The number of rotatable bonds is 6. The third kappa shape index (κ3) is 3.21. The zero-order valence-electron chi connectivity index (χ0n) is 10.1. The van der Waals surface area contributed by atoms with Gasteiger partial charge in [-0.05, 0) is 45.2 Å². The molecule has 0 atom stereocenters. The normalized spacial score (nSPS) is 19.7. The summed E-state index contributed by atoms with van der Waals surface area (Å²) in [6, 6.07) is 0. The van der Waals surface area contributed by atoms with Crippen LogP contribution >= 0.6 is 0 Å². The molecule has 1 aliphatic heterocycles. The molecule has 0 radical (unpaired) electrons. The second-order valence-corrected chi connectivity index (χ2v) is 4.43. The van der Waals surface area contributed by atoms with Crippen LogP contribution < -0.4 is 5.73 Å². The first-order chi connectivity index (χ1) is 7.11. The maximum absolute atomic E-state index is 5.82. The summed E-state index contributed by atoms with van der Waals surface area (Å²) in [5, 5.41) is 0. The van der Waals surface area contributed by atoms with Gasteiger partial charge in [-0.25, -0.2) is 0 Å². The predicted octanol–water partition coefficient (Wildman–Crippen LogP) is 2.21. The Kier molecular flexibility index (Phi) is 4.61. The molecule has 0 unspecified atom stereocenters. The summed E-state index contributed by atoms with van der Waals surface area (Å²) >= 11 is 0. The zero-order valence-corrected chi connectivity index (χ0v) is 10.1. The fourth-order valence-electron chi connectivity index (χ4n) is 1.78. The van der Waals surface area contributed by atoms with Gasteiger partial charge in [0, 0.05) is 0 Å². The fraction of sp³-hybridized carbons (Fsp3) is 0.833. The maximum Gasteiger partial charge on any atom is 0.129 e. The topological polar surface area (TPSA) is 44.5 Å². The summed E-state index contributed by atoms with van der Waals surface area (Å²) in [7, 11) is 0. The third-order valence-electron chi connectivity index (χ3n) is 2.75. The quantitative estimate of drug-likeness (QED) is 0.688. The van der Waals surface area contributed by atoms with Crippen molar-refractivity contribution in [1.82, 2.24) is 0 Å². The van der Waals surface area contributed by atoms with E-state index in [0.29, 0.717) is 0 Å². The lowest BCUT2D eigenvalue weighted by Crippen LogP contribution is -2.24. The summed E-state index contributed by atoms with van der Waals surface area (Å²) in [6.45, 7) is 8.48. The smallest absolute Gasteiger partial charge is 0.129 e. The molecule has 0 aliphatic carbocycles. The fourth-order valence-corrected chi connectivity index (χ4v) is 1.78. The lowest BCUT2D eigenvalue weighted by molar-refractivity contribution is 0.00656. The lowest BCUT2D eigenvalue weighted by atomic mass is 10.0. The second kappa shape index (κ2) is 5.52. The Morgan fingerprint density at radius 1 is 1.40 bits per heavy atom. The van der Waals surface area contributed by atoms with E-state index in [-0.39, 0.29) is 5.60 Å². The monoisotopic (exact) mass is 213 g/mol. The molecule has 15 heavy (non-hydrogen) atoms. The van der Waals surface area contributed by atoms with Gasteiger partial charge in [0.05, 0.1) is 13.2 Å². The molecule has 0 aromatic carbocycles. The molecular formula is C12H23NO2. The largest absolute Gasteiger partial charge is 0.495 e. The Labute approximate surface area is 92.6 Å². The zero-order chi connectivity index (χ0) is 11.3. The van der Waals surface area contributed by atoms with Gasteiger partial charge >= 0.3 is 0 Å². The van der Waals surface area contributed by atoms with Gasteiger partial charge in [0.1, 0.15) is 11.4 Å². The molecule has 3 nitrogen and oxygen atoms in total. The van der Waals surface area contributed by atoms with E-state index in [2.05, 4.69) is 20.8 Å². The molecule has 1 rings (SSSR count). The average molecular weight is 213 g/mol. The Bertz CT molecular complexity index is 234. The van der Waals surface area contributed by atoms with Crippen molar-refractivity contribution in [3.8, 4) is 0 Å². The molecule has 0 fully saturated rings. The highest BCUT2D eigenvalue weighted by Gasteiger charge is 2.34. The van der Waals surface area contributed by atoms with Gasteiger partial charge in [0.25, 0.3) is 0 Å². The highest BCUT2D eigenvalue weighted by molar-refractivity contribution is 5.22. The number of nitrogens with two attached hydrogens (primary N) is 1. The molecule has 0 spiro atoms.